The van der Waals surface area contributed by atoms with Crippen LogP contribution in [0.1, 0.15) is 25.3 Å². The number of hydrogen-bond donors (Lipinski definition) is 3. The lowest BCUT2D eigenvalue weighted by Gasteiger charge is -2.54. The third kappa shape index (κ3) is 4.28. The normalized spacial score (nSPS) is 31.1. The maximum absolute atomic E-state index is 14.0. The van der Waals surface area contributed by atoms with Crippen LogP contribution in [0.2, 0.25) is 0 Å². The number of nitrogens with one attached hydrogen (secondary N) is 1. The third-order valence-corrected chi connectivity index (χ3v) is 5.13. The zero-order valence-corrected chi connectivity index (χ0v) is 16.8. The summed E-state index contributed by atoms with van der Waals surface area (Å²) in [5.41, 5.74) is -9.60. The van der Waals surface area contributed by atoms with Crippen LogP contribution >= 0.6 is 0 Å². The van der Waals surface area contributed by atoms with Gasteiger partial charge in [-0.05, 0) is 19.4 Å². The lowest BCUT2D eigenvalue weighted by molar-refractivity contribution is -0.376. The van der Waals surface area contributed by atoms with E-state index in [1.807, 2.05) is 0 Å². The smallest absolute Gasteiger partial charge is 0.432 e. The second-order valence-corrected chi connectivity index (χ2v) is 7.05. The van der Waals surface area contributed by atoms with E-state index < -0.39 is 66.7 Å². The molecule has 1 heterocycles. The molecule has 0 radical (unpaired) electrons. The molecule has 1 saturated heterocycles. The fourth-order valence-electron chi connectivity index (χ4n) is 3.81. The van der Waals surface area contributed by atoms with E-state index in [2.05, 4.69) is 9.47 Å². The molecule has 1 aromatic carbocycles. The van der Waals surface area contributed by atoms with Gasteiger partial charge in [0, 0.05) is 5.92 Å². The van der Waals surface area contributed by atoms with Gasteiger partial charge >= 0.3 is 24.3 Å². The van der Waals surface area contributed by atoms with Crippen molar-refractivity contribution in [1.29, 1.82) is 0 Å². The van der Waals surface area contributed by atoms with Crippen molar-refractivity contribution >= 4 is 11.9 Å². The molecule has 5 atom stereocenters. The van der Waals surface area contributed by atoms with E-state index in [1.165, 1.54) is 32.0 Å². The van der Waals surface area contributed by atoms with Gasteiger partial charge in [0.15, 0.2) is 0 Å². The van der Waals surface area contributed by atoms with Crippen LogP contribution in [-0.2, 0) is 19.1 Å². The van der Waals surface area contributed by atoms with Gasteiger partial charge in [-0.25, -0.2) is 5.32 Å². The first kappa shape index (κ1) is 25.9. The molecule has 0 aliphatic carbocycles. The molecule has 0 amide bonds. The average molecular weight is 473 g/mol. The van der Waals surface area contributed by atoms with E-state index >= 15 is 0 Å². The number of carbonyl (C=O) groups excluding carboxylic acids is 2. The van der Waals surface area contributed by atoms with E-state index in [0.29, 0.717) is 0 Å². The first-order chi connectivity index (χ1) is 14.7. The minimum Gasteiger partial charge on any atom is -0.466 e. The van der Waals surface area contributed by atoms with Crippen molar-refractivity contribution < 1.29 is 55.6 Å². The largest absolute Gasteiger partial charge is 0.466 e. The van der Waals surface area contributed by atoms with Crippen molar-refractivity contribution in [2.24, 2.45) is 11.8 Å². The highest BCUT2D eigenvalue weighted by atomic mass is 19.4. The molecular formula is C19H21F6NO6. The molecule has 13 heteroatoms. The van der Waals surface area contributed by atoms with Crippen LogP contribution in [0, 0.1) is 11.8 Å². The highest BCUT2D eigenvalue weighted by Gasteiger charge is 2.78. The molecule has 0 bridgehead atoms. The molecule has 1 fully saturated rings. The Kier molecular flexibility index (Phi) is 7.17. The third-order valence-electron chi connectivity index (χ3n) is 5.13. The zero-order valence-electron chi connectivity index (χ0n) is 16.8. The molecule has 32 heavy (non-hydrogen) atoms. The van der Waals surface area contributed by atoms with Crippen LogP contribution in [0.15, 0.2) is 30.3 Å². The Morgan fingerprint density at radius 2 is 1.25 bits per heavy atom. The Morgan fingerprint density at radius 3 is 1.56 bits per heavy atom. The number of rotatable bonds is 5. The molecule has 7 nitrogen and oxygen atoms in total. The van der Waals surface area contributed by atoms with Crippen LogP contribution in [-0.4, -0.2) is 59.2 Å². The molecule has 0 saturated carbocycles. The summed E-state index contributed by atoms with van der Waals surface area (Å²) in [6, 6.07) is 5.97. The van der Waals surface area contributed by atoms with Crippen molar-refractivity contribution in [2.45, 2.75) is 43.6 Å². The number of benzene rings is 1. The SMILES string of the molecule is CCOC(=O)[C@@H]1C(c2ccccc2)[C@H](C(=O)OCC)[C@](O)(C(F)(F)F)N[C@@]1(O)C(F)(F)F. The maximum atomic E-state index is 14.0. The summed E-state index contributed by atoms with van der Waals surface area (Å²) >= 11 is 0. The fourth-order valence-corrected chi connectivity index (χ4v) is 3.81. The van der Waals surface area contributed by atoms with Crippen LogP contribution in [0.25, 0.3) is 0 Å². The first-order valence-electron chi connectivity index (χ1n) is 9.41. The molecule has 2 rings (SSSR count). The van der Waals surface area contributed by atoms with Crippen molar-refractivity contribution in [3.8, 4) is 0 Å². The minimum absolute atomic E-state index is 0.365. The summed E-state index contributed by atoms with van der Waals surface area (Å²) in [5, 5.41) is 21.7. The highest BCUT2D eigenvalue weighted by molar-refractivity contribution is 5.81. The Morgan fingerprint density at radius 1 is 0.875 bits per heavy atom. The van der Waals surface area contributed by atoms with E-state index in [0.717, 1.165) is 17.4 Å². The van der Waals surface area contributed by atoms with Gasteiger partial charge in [-0.2, -0.15) is 26.3 Å². The van der Waals surface area contributed by atoms with Crippen molar-refractivity contribution in [2.75, 3.05) is 13.2 Å². The van der Waals surface area contributed by atoms with Crippen LogP contribution < -0.4 is 5.32 Å². The number of hydrogen-bond acceptors (Lipinski definition) is 7. The number of carbonyl (C=O) groups is 2. The minimum atomic E-state index is -5.91. The quantitative estimate of drug-likeness (QED) is 0.445. The van der Waals surface area contributed by atoms with Gasteiger partial charge in [0.2, 0.25) is 11.4 Å². The lowest BCUT2D eigenvalue weighted by atomic mass is 9.64. The number of esters is 2. The second kappa shape index (κ2) is 8.87. The summed E-state index contributed by atoms with van der Waals surface area (Å²) < 4.78 is 93.0. The van der Waals surface area contributed by atoms with Crippen LogP contribution in [0.4, 0.5) is 26.3 Å². The van der Waals surface area contributed by atoms with Gasteiger partial charge < -0.3 is 19.7 Å². The molecule has 1 aromatic rings. The molecule has 180 valence electrons. The van der Waals surface area contributed by atoms with Crippen molar-refractivity contribution in [3.63, 3.8) is 0 Å². The van der Waals surface area contributed by atoms with E-state index in [4.69, 9.17) is 0 Å². The fraction of sp³-hybridized carbons (Fsp3) is 0.579. The summed E-state index contributed by atoms with van der Waals surface area (Å²) in [6.07, 6.45) is -11.8. The number of halogens is 6. The van der Waals surface area contributed by atoms with E-state index in [1.54, 1.807) is 0 Å². The Hall–Kier alpha value is -2.38. The van der Waals surface area contributed by atoms with E-state index in [-0.39, 0.29) is 5.56 Å². The predicted octanol–water partition coefficient (Wildman–Crippen LogP) is 2.23. The van der Waals surface area contributed by atoms with Crippen LogP contribution in [0.3, 0.4) is 0 Å². The van der Waals surface area contributed by atoms with Gasteiger partial charge in [-0.15, -0.1) is 0 Å². The van der Waals surface area contributed by atoms with Gasteiger partial charge in [0.05, 0.1) is 13.2 Å². The summed E-state index contributed by atoms with van der Waals surface area (Å²) in [7, 11) is 0. The summed E-state index contributed by atoms with van der Waals surface area (Å²) in [5.74, 6) is -11.4. The Balaban J connectivity index is 2.93. The van der Waals surface area contributed by atoms with Gasteiger partial charge in [0.25, 0.3) is 0 Å². The molecular weight excluding hydrogens is 452 g/mol. The summed E-state index contributed by atoms with van der Waals surface area (Å²) in [6.45, 7) is 1.51. The first-order valence-corrected chi connectivity index (χ1v) is 9.41. The van der Waals surface area contributed by atoms with Crippen molar-refractivity contribution in [1.82, 2.24) is 5.32 Å². The zero-order chi connectivity index (χ0) is 24.5. The maximum Gasteiger partial charge on any atom is 0.432 e. The predicted molar refractivity (Wildman–Crippen MR) is 94.6 cm³/mol. The van der Waals surface area contributed by atoms with Crippen molar-refractivity contribution in [3.05, 3.63) is 35.9 Å². The molecule has 0 aromatic heterocycles. The van der Waals surface area contributed by atoms with Gasteiger partial charge in [-0.1, -0.05) is 30.3 Å². The van der Waals surface area contributed by atoms with Gasteiger partial charge in [-0.3, -0.25) is 9.59 Å². The number of alkyl halides is 6. The topological polar surface area (TPSA) is 105 Å². The summed E-state index contributed by atoms with van der Waals surface area (Å²) in [4.78, 5) is 25.2. The van der Waals surface area contributed by atoms with Gasteiger partial charge in [0.1, 0.15) is 11.8 Å². The molecule has 0 spiro atoms. The average Bonchev–Trinajstić information content (AvgIpc) is 2.66. The monoisotopic (exact) mass is 473 g/mol. The molecule has 1 unspecified atom stereocenters. The number of aliphatic hydroxyl groups is 2. The Bertz CT molecular complexity index is 784. The van der Waals surface area contributed by atoms with E-state index in [9.17, 15) is 46.1 Å². The molecule has 1 aliphatic heterocycles. The Labute approximate surface area is 178 Å². The van der Waals surface area contributed by atoms with Crippen LogP contribution in [0.5, 0.6) is 0 Å². The standard InChI is InChI=1S/C19H21F6NO6/c1-3-31-14(27)12-11(10-8-6-5-7-9-10)13(15(28)32-4-2)17(30,19(23,24)25)26-16(12,29)18(20,21)22/h5-9,11-13,26,29-30H,3-4H2,1-2H3/t11?,12-,13+,16-,17-/m0/s1. The number of ether oxygens (including phenoxy) is 2. The number of piperidine rings is 1. The molecule has 3 N–H and O–H groups in total. The highest BCUT2D eigenvalue weighted by Crippen LogP contribution is 2.55. The lowest BCUT2D eigenvalue weighted by Crippen LogP contribution is -2.81. The molecule has 1 aliphatic rings. The second-order valence-electron chi connectivity index (χ2n) is 7.05.